The van der Waals surface area contributed by atoms with E-state index in [-0.39, 0.29) is 28.4 Å². The number of nitrogens with zero attached hydrogens (tertiary/aromatic N) is 2. The molecule has 0 bridgehead atoms. The molecular weight excluding hydrogens is 356 g/mol. The fraction of sp³-hybridized carbons (Fsp3) is 0.364. The van der Waals surface area contributed by atoms with Gasteiger partial charge in [0.25, 0.3) is 0 Å². The lowest BCUT2D eigenvalue weighted by Gasteiger charge is -2.32. The van der Waals surface area contributed by atoms with Gasteiger partial charge < -0.3 is 19.6 Å². The van der Waals surface area contributed by atoms with Crippen molar-refractivity contribution in [1.29, 1.82) is 0 Å². The van der Waals surface area contributed by atoms with Crippen LogP contribution < -0.4 is 4.74 Å². The van der Waals surface area contributed by atoms with Crippen molar-refractivity contribution in [1.82, 2.24) is 9.80 Å². The molecule has 6 nitrogen and oxygen atoms in total. The third-order valence-electron chi connectivity index (χ3n) is 5.46. The van der Waals surface area contributed by atoms with Crippen molar-refractivity contribution in [3.05, 3.63) is 58.7 Å². The Hall–Kier alpha value is -2.70. The van der Waals surface area contributed by atoms with Crippen molar-refractivity contribution in [3.63, 3.8) is 0 Å². The van der Waals surface area contributed by atoms with Crippen molar-refractivity contribution >= 4 is 11.6 Å². The maximum absolute atomic E-state index is 12.8. The van der Waals surface area contributed by atoms with Crippen LogP contribution in [0.25, 0.3) is 0 Å². The highest BCUT2D eigenvalue weighted by molar-refractivity contribution is 6.29. The maximum atomic E-state index is 12.8. The van der Waals surface area contributed by atoms with Crippen LogP contribution in [-0.4, -0.2) is 72.9 Å². The molecule has 1 N–H and O–H groups in total. The van der Waals surface area contributed by atoms with E-state index in [1.54, 1.807) is 30.3 Å². The van der Waals surface area contributed by atoms with Gasteiger partial charge in [0.15, 0.2) is 11.6 Å². The van der Waals surface area contributed by atoms with Gasteiger partial charge >= 0.3 is 0 Å². The average molecular weight is 380 g/mol. The highest BCUT2D eigenvalue weighted by Gasteiger charge is 2.32. The number of benzene rings is 2. The Bertz CT molecular complexity index is 917. The minimum Gasteiger partial charge on any atom is -0.507 e. The SMILES string of the molecule is CN1CCN(CCCOc2cc(O)c3c(c2)C(=O)c2ccccc2C3=O)CC1. The number of fused-ring (bicyclic) bond motifs is 2. The van der Waals surface area contributed by atoms with Crippen LogP contribution in [0.15, 0.2) is 36.4 Å². The molecule has 0 saturated carbocycles. The van der Waals surface area contributed by atoms with Crippen LogP contribution in [0.4, 0.5) is 0 Å². The molecule has 1 saturated heterocycles. The van der Waals surface area contributed by atoms with E-state index >= 15 is 0 Å². The molecule has 1 fully saturated rings. The molecule has 1 aliphatic heterocycles. The molecule has 0 atom stereocenters. The summed E-state index contributed by atoms with van der Waals surface area (Å²) >= 11 is 0. The van der Waals surface area contributed by atoms with Crippen LogP contribution >= 0.6 is 0 Å². The Balaban J connectivity index is 1.44. The first-order chi connectivity index (χ1) is 13.5. The summed E-state index contributed by atoms with van der Waals surface area (Å²) < 4.78 is 5.78. The number of phenols is 1. The van der Waals surface area contributed by atoms with Gasteiger partial charge in [0.2, 0.25) is 0 Å². The third-order valence-corrected chi connectivity index (χ3v) is 5.46. The van der Waals surface area contributed by atoms with Gasteiger partial charge in [-0.1, -0.05) is 24.3 Å². The van der Waals surface area contributed by atoms with Crippen molar-refractivity contribution in [2.45, 2.75) is 6.42 Å². The Morgan fingerprint density at radius 3 is 2.36 bits per heavy atom. The van der Waals surface area contributed by atoms with Crippen molar-refractivity contribution in [2.75, 3.05) is 46.4 Å². The second-order valence-electron chi connectivity index (χ2n) is 7.42. The van der Waals surface area contributed by atoms with Crippen LogP contribution in [0.5, 0.6) is 11.5 Å². The van der Waals surface area contributed by atoms with Crippen LogP contribution in [-0.2, 0) is 0 Å². The van der Waals surface area contributed by atoms with E-state index in [1.807, 2.05) is 0 Å². The molecular formula is C22H24N2O4. The Labute approximate surface area is 164 Å². The lowest BCUT2D eigenvalue weighted by molar-refractivity contribution is 0.0976. The average Bonchev–Trinajstić information content (AvgIpc) is 2.70. The number of carbonyl (C=O) groups is 2. The topological polar surface area (TPSA) is 70.1 Å². The number of aromatic hydroxyl groups is 1. The van der Waals surface area contributed by atoms with Crippen LogP contribution in [0.3, 0.4) is 0 Å². The highest BCUT2D eigenvalue weighted by Crippen LogP contribution is 2.35. The second-order valence-corrected chi connectivity index (χ2v) is 7.42. The fourth-order valence-corrected chi connectivity index (χ4v) is 3.81. The zero-order valence-corrected chi connectivity index (χ0v) is 16.0. The van der Waals surface area contributed by atoms with E-state index in [0.29, 0.717) is 23.5 Å². The Kier molecular flexibility index (Phi) is 5.15. The van der Waals surface area contributed by atoms with Gasteiger partial charge in [-0.05, 0) is 19.5 Å². The summed E-state index contributed by atoms with van der Waals surface area (Å²) in [5, 5.41) is 10.4. The number of carbonyl (C=O) groups excluding carboxylic acids is 2. The van der Waals surface area contributed by atoms with Gasteiger partial charge in [-0.2, -0.15) is 0 Å². The molecule has 0 aromatic heterocycles. The van der Waals surface area contributed by atoms with Gasteiger partial charge in [0, 0.05) is 55.5 Å². The molecule has 1 aliphatic carbocycles. The van der Waals surface area contributed by atoms with E-state index in [1.165, 1.54) is 6.07 Å². The number of hydrogen-bond acceptors (Lipinski definition) is 6. The molecule has 0 spiro atoms. The van der Waals surface area contributed by atoms with E-state index in [2.05, 4.69) is 16.8 Å². The number of hydrogen-bond donors (Lipinski definition) is 1. The molecule has 0 unspecified atom stereocenters. The minimum absolute atomic E-state index is 0.0634. The molecule has 146 valence electrons. The van der Waals surface area contributed by atoms with E-state index in [9.17, 15) is 14.7 Å². The predicted molar refractivity (Wildman–Crippen MR) is 105 cm³/mol. The van der Waals surface area contributed by atoms with Gasteiger partial charge in [-0.25, -0.2) is 0 Å². The summed E-state index contributed by atoms with van der Waals surface area (Å²) in [6.07, 6.45) is 0.858. The van der Waals surface area contributed by atoms with E-state index in [0.717, 1.165) is 39.1 Å². The maximum Gasteiger partial charge on any atom is 0.198 e. The van der Waals surface area contributed by atoms with Crippen molar-refractivity contribution in [2.24, 2.45) is 0 Å². The highest BCUT2D eigenvalue weighted by atomic mass is 16.5. The first kappa shape index (κ1) is 18.7. The minimum atomic E-state index is -0.329. The first-order valence-electron chi connectivity index (χ1n) is 9.64. The van der Waals surface area contributed by atoms with Gasteiger partial charge in [0.05, 0.1) is 12.2 Å². The molecule has 0 amide bonds. The smallest absolute Gasteiger partial charge is 0.198 e. The molecule has 2 aromatic carbocycles. The molecule has 1 heterocycles. The molecule has 2 aliphatic rings. The first-order valence-corrected chi connectivity index (χ1v) is 9.64. The van der Waals surface area contributed by atoms with Crippen molar-refractivity contribution in [3.8, 4) is 11.5 Å². The number of ether oxygens (including phenoxy) is 1. The van der Waals surface area contributed by atoms with E-state index < -0.39 is 0 Å². The normalized spacial score (nSPS) is 17.3. The largest absolute Gasteiger partial charge is 0.507 e. The van der Waals surface area contributed by atoms with Crippen molar-refractivity contribution < 1.29 is 19.4 Å². The van der Waals surface area contributed by atoms with Crippen LogP contribution in [0.1, 0.15) is 38.3 Å². The Morgan fingerprint density at radius 2 is 1.64 bits per heavy atom. The standard InChI is InChI=1S/C22H24N2O4/c1-23-8-10-24(11-9-23)7-4-12-28-15-13-18-20(19(25)14-15)22(27)17-6-3-2-5-16(17)21(18)26/h2-3,5-6,13-14,25H,4,7-12H2,1H3. The zero-order chi connectivity index (χ0) is 19.7. The molecule has 0 radical (unpaired) electrons. The van der Waals surface area contributed by atoms with Gasteiger partial charge in [-0.15, -0.1) is 0 Å². The molecule has 4 rings (SSSR count). The monoisotopic (exact) mass is 380 g/mol. The van der Waals surface area contributed by atoms with Gasteiger partial charge in [-0.3, -0.25) is 9.59 Å². The number of rotatable bonds is 5. The number of likely N-dealkylation sites (N-methyl/N-ethyl adjacent to an activating group) is 1. The van der Waals surface area contributed by atoms with Gasteiger partial charge in [0.1, 0.15) is 11.5 Å². The number of phenolic OH excluding ortho intramolecular Hbond substituents is 1. The fourth-order valence-electron chi connectivity index (χ4n) is 3.81. The lowest BCUT2D eigenvalue weighted by Crippen LogP contribution is -2.44. The summed E-state index contributed by atoms with van der Waals surface area (Å²) in [5.41, 5.74) is 0.967. The van der Waals surface area contributed by atoms with Crippen LogP contribution in [0, 0.1) is 0 Å². The number of ketones is 2. The summed E-state index contributed by atoms with van der Waals surface area (Å²) in [6, 6.07) is 9.69. The quantitative estimate of drug-likeness (QED) is 0.685. The third kappa shape index (κ3) is 3.53. The second kappa shape index (κ2) is 7.73. The predicted octanol–water partition coefficient (Wildman–Crippen LogP) is 2.18. The van der Waals surface area contributed by atoms with Crippen LogP contribution in [0.2, 0.25) is 0 Å². The zero-order valence-electron chi connectivity index (χ0n) is 16.0. The molecule has 2 aromatic rings. The summed E-state index contributed by atoms with van der Waals surface area (Å²) in [4.78, 5) is 30.2. The summed E-state index contributed by atoms with van der Waals surface area (Å²) in [6.45, 7) is 5.73. The number of piperazine rings is 1. The van der Waals surface area contributed by atoms with E-state index in [4.69, 9.17) is 4.74 Å². The lowest BCUT2D eigenvalue weighted by atomic mass is 9.83. The Morgan fingerprint density at radius 1 is 0.964 bits per heavy atom. The summed E-state index contributed by atoms with van der Waals surface area (Å²) in [5.74, 6) is -0.387. The molecule has 6 heteroatoms. The molecule has 28 heavy (non-hydrogen) atoms. The summed E-state index contributed by atoms with van der Waals surface area (Å²) in [7, 11) is 2.13.